The number of quaternary nitrogens is 2. The third-order valence-corrected chi connectivity index (χ3v) is 0.289. The lowest BCUT2D eigenvalue weighted by Crippen LogP contribution is -3.00. The molecule has 0 unspecified atom stereocenters. The van der Waals surface area contributed by atoms with Gasteiger partial charge in [0, 0.05) is 5.97 Å². The highest BCUT2D eigenvalue weighted by molar-refractivity contribution is 5.63. The molecule has 0 aromatic rings. The average molecular weight is 350 g/mol. The maximum atomic E-state index is 9.26. The summed E-state index contributed by atoms with van der Waals surface area (Å²) in [5.41, 5.74) is 0. The van der Waals surface area contributed by atoms with Crippen LogP contribution in [0.1, 0.15) is 13.3 Å². The fraction of sp³-hybridized carbons (Fsp3) is 0.889. The zero-order valence-electron chi connectivity index (χ0n) is 11.5. The summed E-state index contributed by atoms with van der Waals surface area (Å²) in [4.78, 5) is 9.26. The van der Waals surface area contributed by atoms with E-state index in [0.717, 1.165) is 0 Å². The molecular formula is C9H27IN4O2. The van der Waals surface area contributed by atoms with Crippen LogP contribution in [0.2, 0.25) is 0 Å². The Morgan fingerprint density at radius 3 is 1.06 bits per heavy atom. The van der Waals surface area contributed by atoms with E-state index in [-0.39, 0.29) is 30.4 Å². The van der Waals surface area contributed by atoms with Gasteiger partial charge in [-0.15, -0.1) is 0 Å². The van der Waals surface area contributed by atoms with Gasteiger partial charge in [0.15, 0.2) is 0 Å². The minimum Gasteiger partial charge on any atom is -1.00 e. The Morgan fingerprint density at radius 1 is 1.00 bits per heavy atom. The smallest absolute Gasteiger partial charge is 0.0851 e. The van der Waals surface area contributed by atoms with Crippen LogP contribution in [0.5, 0.6) is 0 Å². The minimum atomic E-state index is -0.995. The zero-order valence-corrected chi connectivity index (χ0v) is 13.6. The summed E-state index contributed by atoms with van der Waals surface area (Å²) in [6.07, 6.45) is 0.111. The third-order valence-electron chi connectivity index (χ3n) is 0.289. The molecule has 0 amide bonds. The first kappa shape index (κ1) is 25.0. The lowest BCUT2D eigenvalue weighted by molar-refractivity contribution is -0.882. The Kier molecular flexibility index (Phi) is 18.0. The second-order valence-electron chi connectivity index (χ2n) is 4.96. The number of hydrogen-bond acceptors (Lipinski definition) is 4. The molecule has 4 N–H and O–H groups in total. The summed E-state index contributed by atoms with van der Waals surface area (Å²) < 4.78 is 1.00. The van der Waals surface area contributed by atoms with E-state index in [0.29, 0.717) is 9.18 Å². The monoisotopic (exact) mass is 350 g/mol. The summed E-state index contributed by atoms with van der Waals surface area (Å²) in [5, 5.41) is 9.26. The molecule has 0 bridgehead atoms. The molecule has 0 aliphatic rings. The predicted octanol–water partition coefficient (Wildman–Crippen LogP) is -4.72. The van der Waals surface area contributed by atoms with Crippen molar-refractivity contribution in [2.24, 2.45) is 11.7 Å². The van der Waals surface area contributed by atoms with Crippen molar-refractivity contribution in [3.63, 3.8) is 0 Å². The average Bonchev–Trinajstić information content (AvgIpc) is 1.79. The molecule has 0 fully saturated rings. The van der Waals surface area contributed by atoms with Crippen LogP contribution in [0.3, 0.4) is 0 Å². The van der Waals surface area contributed by atoms with Crippen molar-refractivity contribution < 1.29 is 43.1 Å². The van der Waals surface area contributed by atoms with E-state index in [1.165, 1.54) is 6.92 Å². The number of carboxylic acid groups (broad SMARTS) is 1. The molecule has 0 aliphatic carbocycles. The number of nitrogens with zero attached hydrogens (tertiary/aromatic N) is 2. The Labute approximate surface area is 116 Å². The van der Waals surface area contributed by atoms with Gasteiger partial charge in [0.2, 0.25) is 0 Å². The van der Waals surface area contributed by atoms with Gasteiger partial charge in [-0.05, 0) is 6.42 Å². The number of aliphatic carboxylic acids is 1. The molecule has 0 aliphatic heterocycles. The van der Waals surface area contributed by atoms with Gasteiger partial charge in [-0.1, -0.05) is 6.92 Å². The third kappa shape index (κ3) is 574. The Balaban J connectivity index is -0.0000000655. The predicted molar refractivity (Wildman–Crippen MR) is 59.7 cm³/mol. The van der Waals surface area contributed by atoms with Crippen molar-refractivity contribution in [2.75, 3.05) is 42.3 Å². The van der Waals surface area contributed by atoms with E-state index in [1.54, 1.807) is 0 Å². The van der Waals surface area contributed by atoms with Gasteiger partial charge in [-0.2, -0.15) is 11.7 Å². The topological polar surface area (TPSA) is 92.2 Å². The molecule has 0 saturated heterocycles. The molecule has 102 valence electrons. The van der Waals surface area contributed by atoms with Gasteiger partial charge < -0.3 is 33.9 Å². The number of carbonyl (C=O) groups excluding carboxylic acids is 1. The van der Waals surface area contributed by atoms with Crippen molar-refractivity contribution in [3.8, 4) is 0 Å². The fourth-order valence-electron chi connectivity index (χ4n) is 0. The first-order valence-electron chi connectivity index (χ1n) is 4.67. The van der Waals surface area contributed by atoms with E-state index in [9.17, 15) is 9.90 Å². The molecule has 0 aromatic carbocycles. The highest BCUT2D eigenvalue weighted by atomic mass is 127. The number of hydrogen-bond donors (Lipinski definition) is 2. The van der Waals surface area contributed by atoms with Crippen molar-refractivity contribution >= 4 is 5.97 Å². The second kappa shape index (κ2) is 11.5. The summed E-state index contributed by atoms with van der Waals surface area (Å²) in [6, 6.07) is 0. The number of carbonyl (C=O) groups is 1. The highest BCUT2D eigenvalue weighted by Gasteiger charge is 1.90. The largest absolute Gasteiger partial charge is 1.00 e. The van der Waals surface area contributed by atoms with Gasteiger partial charge in [-0.25, -0.2) is 0 Å². The standard InChI is InChI=1S/2C3H11N2.C3H6O2.HI/c2*1-5(2,3)4;1-2-3(4)5;/h2*4H2,1-3H3;2H2,1H3,(H,4,5);1H/q2*+1;;/p-2. The number of carboxylic acids is 1. The maximum Gasteiger partial charge on any atom is 0.0851 e. The van der Waals surface area contributed by atoms with E-state index < -0.39 is 5.97 Å². The van der Waals surface area contributed by atoms with Crippen molar-refractivity contribution in [1.82, 2.24) is 0 Å². The normalized spacial score (nSPS) is 9.81. The van der Waals surface area contributed by atoms with Crippen LogP contribution in [0.15, 0.2) is 0 Å². The Morgan fingerprint density at radius 2 is 1.06 bits per heavy atom. The number of halogens is 1. The van der Waals surface area contributed by atoms with E-state index >= 15 is 0 Å². The first-order valence-corrected chi connectivity index (χ1v) is 4.67. The van der Waals surface area contributed by atoms with Gasteiger partial charge in [0.1, 0.15) is 0 Å². The molecule has 0 heterocycles. The molecule has 16 heavy (non-hydrogen) atoms. The lowest BCUT2D eigenvalue weighted by Gasteiger charge is -2.13. The van der Waals surface area contributed by atoms with E-state index in [1.807, 2.05) is 42.3 Å². The molecule has 0 aromatic heterocycles. The summed E-state index contributed by atoms with van der Waals surface area (Å²) >= 11 is 0. The molecule has 7 heteroatoms. The Hall–Kier alpha value is 0.0400. The van der Waals surface area contributed by atoms with Gasteiger partial charge in [0.25, 0.3) is 0 Å². The van der Waals surface area contributed by atoms with Crippen LogP contribution in [-0.2, 0) is 4.79 Å². The number of nitrogens with two attached hydrogens (primary N) is 2. The summed E-state index contributed by atoms with van der Waals surface area (Å²) in [6.45, 7) is 1.54. The summed E-state index contributed by atoms with van der Waals surface area (Å²) in [7, 11) is 11.4. The second-order valence-corrected chi connectivity index (χ2v) is 4.96. The molecule has 0 radical (unpaired) electrons. The van der Waals surface area contributed by atoms with Crippen LogP contribution in [-0.4, -0.2) is 57.4 Å². The number of rotatable bonds is 1. The van der Waals surface area contributed by atoms with Crippen LogP contribution in [0.25, 0.3) is 0 Å². The van der Waals surface area contributed by atoms with Crippen LogP contribution >= 0.6 is 0 Å². The van der Waals surface area contributed by atoms with Crippen molar-refractivity contribution in [1.29, 1.82) is 0 Å². The highest BCUT2D eigenvalue weighted by Crippen LogP contribution is 1.66. The van der Waals surface area contributed by atoms with Gasteiger partial charge >= 0.3 is 0 Å². The summed E-state index contributed by atoms with van der Waals surface area (Å²) in [5.74, 6) is 9.59. The molecule has 0 rings (SSSR count). The molecule has 0 spiro atoms. The molecular weight excluding hydrogens is 323 g/mol. The van der Waals surface area contributed by atoms with Crippen molar-refractivity contribution in [2.45, 2.75) is 13.3 Å². The van der Waals surface area contributed by atoms with Crippen LogP contribution < -0.4 is 40.8 Å². The van der Waals surface area contributed by atoms with Crippen molar-refractivity contribution in [3.05, 3.63) is 0 Å². The van der Waals surface area contributed by atoms with E-state index in [4.69, 9.17) is 11.7 Å². The molecule has 6 nitrogen and oxygen atoms in total. The quantitative estimate of drug-likeness (QED) is 0.215. The zero-order chi connectivity index (χ0) is 13.3. The van der Waals surface area contributed by atoms with E-state index in [2.05, 4.69) is 0 Å². The SMILES string of the molecule is CCC(=O)[O-].C[N+](C)(C)N.C[N+](C)(C)N.[I-]. The maximum absolute atomic E-state index is 9.26. The van der Waals surface area contributed by atoms with Gasteiger partial charge in [-0.3, -0.25) is 9.18 Å². The van der Waals surface area contributed by atoms with Crippen LogP contribution in [0, 0.1) is 0 Å². The molecule has 0 saturated carbocycles. The molecule has 0 atom stereocenters. The Bertz CT molecular complexity index is 140. The van der Waals surface area contributed by atoms with Gasteiger partial charge in [0.05, 0.1) is 42.3 Å². The minimum absolute atomic E-state index is 0. The fourth-order valence-corrected chi connectivity index (χ4v) is 0. The van der Waals surface area contributed by atoms with Crippen LogP contribution in [0.4, 0.5) is 0 Å². The lowest BCUT2D eigenvalue weighted by atomic mass is 10.5. The first-order chi connectivity index (χ1) is 6.27.